The molecule has 4 nitrogen and oxygen atoms in total. The molecule has 0 aliphatic heterocycles. The Morgan fingerprint density at radius 1 is 1.24 bits per heavy atom. The summed E-state index contributed by atoms with van der Waals surface area (Å²) < 4.78 is 30.8. The van der Waals surface area contributed by atoms with Gasteiger partial charge in [-0.05, 0) is 44.1 Å². The molecule has 0 saturated heterocycles. The third-order valence-corrected chi connectivity index (χ3v) is 9.03. The fraction of sp³-hybridized carbons (Fsp3) is 0.632. The number of benzene rings is 1. The average molecular weight is 371 g/mol. The van der Waals surface area contributed by atoms with Gasteiger partial charge in [0, 0.05) is 18.6 Å². The molecule has 0 spiro atoms. The molecular weight excluding hydrogens is 339 g/mol. The minimum Gasteiger partial charge on any atom is -0.490 e. The first-order valence-corrected chi connectivity index (χ1v) is 11.5. The Morgan fingerprint density at radius 2 is 1.84 bits per heavy atom. The molecule has 0 N–H and O–H groups in total. The molecule has 1 aromatic rings. The van der Waals surface area contributed by atoms with Crippen molar-refractivity contribution in [2.24, 2.45) is 0 Å². The maximum Gasteiger partial charge on any atom is 0.196 e. The Balaban J connectivity index is 2.87. The lowest BCUT2D eigenvalue weighted by molar-refractivity contribution is 0.0957. The molecule has 0 bridgehead atoms. The minimum atomic E-state index is -1.90. The highest BCUT2D eigenvalue weighted by Crippen LogP contribution is 2.37. The number of hydrogen-bond acceptors (Lipinski definition) is 4. The summed E-state index contributed by atoms with van der Waals surface area (Å²) in [6, 6.07) is 2.73. The van der Waals surface area contributed by atoms with Crippen LogP contribution in [0.3, 0.4) is 0 Å². The molecule has 25 heavy (non-hydrogen) atoms. The van der Waals surface area contributed by atoms with Gasteiger partial charge in [0.2, 0.25) is 0 Å². The van der Waals surface area contributed by atoms with E-state index in [1.165, 1.54) is 19.2 Å². The van der Waals surface area contributed by atoms with Crippen molar-refractivity contribution in [1.82, 2.24) is 0 Å². The van der Waals surface area contributed by atoms with Crippen molar-refractivity contribution in [3.05, 3.63) is 23.5 Å². The second-order valence-corrected chi connectivity index (χ2v) is 12.7. The summed E-state index contributed by atoms with van der Waals surface area (Å²) in [7, 11) is -0.527. The van der Waals surface area contributed by atoms with Crippen molar-refractivity contribution in [3.8, 4) is 11.5 Å². The average Bonchev–Trinajstić information content (AvgIpc) is 2.44. The van der Waals surface area contributed by atoms with E-state index in [1.54, 1.807) is 0 Å². The van der Waals surface area contributed by atoms with E-state index in [0.29, 0.717) is 6.61 Å². The monoisotopic (exact) mass is 370 g/mol. The number of carbonyl (C=O) groups is 1. The van der Waals surface area contributed by atoms with Crippen LogP contribution in [0, 0.1) is 5.82 Å². The molecule has 6 heteroatoms. The van der Waals surface area contributed by atoms with E-state index < -0.39 is 14.1 Å². The molecule has 0 aromatic heterocycles. The second kappa shape index (κ2) is 8.32. The summed E-state index contributed by atoms with van der Waals surface area (Å²) in [4.78, 5) is 12.4. The van der Waals surface area contributed by atoms with Gasteiger partial charge in [-0.25, -0.2) is 4.39 Å². The first-order valence-electron chi connectivity index (χ1n) is 8.60. The van der Waals surface area contributed by atoms with Crippen LogP contribution in [0.5, 0.6) is 11.5 Å². The van der Waals surface area contributed by atoms with Crippen LogP contribution in [-0.4, -0.2) is 33.9 Å². The molecule has 1 rings (SSSR count). The fourth-order valence-corrected chi connectivity index (χ4v) is 3.07. The Labute approximate surface area is 151 Å². The molecule has 142 valence electrons. The zero-order chi connectivity index (χ0) is 19.4. The van der Waals surface area contributed by atoms with Crippen LogP contribution in [0.15, 0.2) is 12.1 Å². The van der Waals surface area contributed by atoms with Crippen LogP contribution in [0.4, 0.5) is 4.39 Å². The van der Waals surface area contributed by atoms with Crippen molar-refractivity contribution in [2.45, 2.75) is 65.3 Å². The van der Waals surface area contributed by atoms with Gasteiger partial charge >= 0.3 is 0 Å². The number of Topliss-reactive ketones (excluding diaryl/α,β-unsaturated/α-hetero) is 1. The summed E-state index contributed by atoms with van der Waals surface area (Å²) in [6.07, 6.45) is 0.0555. The lowest BCUT2D eigenvalue weighted by Gasteiger charge is -2.36. The van der Waals surface area contributed by atoms with Crippen molar-refractivity contribution >= 4 is 14.1 Å². The first kappa shape index (κ1) is 21.6. The smallest absolute Gasteiger partial charge is 0.196 e. The van der Waals surface area contributed by atoms with Gasteiger partial charge in [-0.15, -0.1) is 0 Å². The van der Waals surface area contributed by atoms with Gasteiger partial charge in [0.25, 0.3) is 0 Å². The molecule has 0 fully saturated rings. The topological polar surface area (TPSA) is 44.8 Å². The van der Waals surface area contributed by atoms with Crippen LogP contribution in [0.2, 0.25) is 18.1 Å². The third kappa shape index (κ3) is 5.82. The molecule has 0 aliphatic rings. The number of hydrogen-bond donors (Lipinski definition) is 0. The predicted octanol–water partition coefficient (Wildman–Crippen LogP) is 5.22. The van der Waals surface area contributed by atoms with Crippen LogP contribution in [0.25, 0.3) is 0 Å². The van der Waals surface area contributed by atoms with Crippen LogP contribution in [-0.2, 0) is 4.43 Å². The molecule has 0 atom stereocenters. The normalized spacial score (nSPS) is 12.4. The van der Waals surface area contributed by atoms with Gasteiger partial charge in [-0.1, -0.05) is 20.8 Å². The SMILES string of the molecule is COc1c(F)cc(C(=O)CCO[Si](C)(C)C(C)(C)C)cc1OC(C)C. The van der Waals surface area contributed by atoms with Crippen LogP contribution in [0.1, 0.15) is 51.4 Å². The summed E-state index contributed by atoms with van der Waals surface area (Å²) in [5.74, 6) is -0.517. The largest absolute Gasteiger partial charge is 0.490 e. The minimum absolute atomic E-state index is 0.0165. The molecule has 0 saturated carbocycles. The number of ether oxygens (including phenoxy) is 2. The Bertz CT molecular complexity index is 606. The van der Waals surface area contributed by atoms with Crippen LogP contribution < -0.4 is 9.47 Å². The standard InChI is InChI=1S/C19H31FO4Si/c1-13(2)24-17-12-14(11-15(20)18(17)22-6)16(21)9-10-23-25(7,8)19(3,4)5/h11-13H,9-10H2,1-8H3. The van der Waals surface area contributed by atoms with Crippen molar-refractivity contribution in [3.63, 3.8) is 0 Å². The Morgan fingerprint density at radius 3 is 2.32 bits per heavy atom. The Hall–Kier alpha value is -1.40. The zero-order valence-corrected chi connectivity index (χ0v) is 17.7. The lowest BCUT2D eigenvalue weighted by Crippen LogP contribution is -2.41. The molecule has 1 aromatic carbocycles. The van der Waals surface area contributed by atoms with E-state index >= 15 is 0 Å². The summed E-state index contributed by atoms with van der Waals surface area (Å²) in [5.41, 5.74) is 0.271. The summed E-state index contributed by atoms with van der Waals surface area (Å²) >= 11 is 0. The molecular formula is C19H31FO4Si. The van der Waals surface area contributed by atoms with E-state index in [4.69, 9.17) is 13.9 Å². The number of halogens is 1. The van der Waals surface area contributed by atoms with Gasteiger partial charge in [0.1, 0.15) is 0 Å². The van der Waals surface area contributed by atoms with Crippen molar-refractivity contribution in [1.29, 1.82) is 0 Å². The molecule has 0 unspecified atom stereocenters. The highest BCUT2D eigenvalue weighted by atomic mass is 28.4. The van der Waals surface area contributed by atoms with Gasteiger partial charge in [-0.2, -0.15) is 0 Å². The van der Waals surface area contributed by atoms with Gasteiger partial charge < -0.3 is 13.9 Å². The third-order valence-electron chi connectivity index (χ3n) is 4.50. The summed E-state index contributed by atoms with van der Waals surface area (Å²) in [5, 5.41) is 0.0839. The number of rotatable bonds is 8. The van der Waals surface area contributed by atoms with E-state index in [9.17, 15) is 9.18 Å². The summed E-state index contributed by atoms with van der Waals surface area (Å²) in [6.45, 7) is 14.7. The number of carbonyl (C=O) groups excluding carboxylic acids is 1. The van der Waals surface area contributed by atoms with E-state index in [-0.39, 0.29) is 40.4 Å². The maximum atomic E-state index is 14.2. The van der Waals surface area contributed by atoms with E-state index in [1.807, 2.05) is 13.8 Å². The second-order valence-electron chi connectivity index (χ2n) is 7.94. The van der Waals surface area contributed by atoms with Gasteiger partial charge in [0.05, 0.1) is 13.2 Å². The van der Waals surface area contributed by atoms with E-state index in [0.717, 1.165) is 0 Å². The van der Waals surface area contributed by atoms with Crippen LogP contribution >= 0.6 is 0 Å². The molecule has 0 radical (unpaired) electrons. The number of ketones is 1. The predicted molar refractivity (Wildman–Crippen MR) is 101 cm³/mol. The quantitative estimate of drug-likeness (QED) is 0.465. The zero-order valence-electron chi connectivity index (χ0n) is 16.7. The molecule has 0 aliphatic carbocycles. The molecule has 0 heterocycles. The van der Waals surface area contributed by atoms with Crippen molar-refractivity contribution in [2.75, 3.05) is 13.7 Å². The fourth-order valence-electron chi connectivity index (χ4n) is 2.03. The Kier molecular flexibility index (Phi) is 7.20. The van der Waals surface area contributed by atoms with Gasteiger partial charge in [0.15, 0.2) is 31.4 Å². The number of methoxy groups -OCH3 is 1. The van der Waals surface area contributed by atoms with Crippen molar-refractivity contribution < 1.29 is 23.1 Å². The first-order chi connectivity index (χ1) is 11.4. The highest BCUT2D eigenvalue weighted by molar-refractivity contribution is 6.74. The van der Waals surface area contributed by atoms with Gasteiger partial charge in [-0.3, -0.25) is 4.79 Å². The van der Waals surface area contributed by atoms with E-state index in [2.05, 4.69) is 33.9 Å². The lowest BCUT2D eigenvalue weighted by atomic mass is 10.1. The highest BCUT2D eigenvalue weighted by Gasteiger charge is 2.37. The maximum absolute atomic E-state index is 14.2. The molecule has 0 amide bonds.